The van der Waals surface area contributed by atoms with Crippen molar-refractivity contribution in [3.8, 4) is 0 Å². The van der Waals surface area contributed by atoms with E-state index in [1.165, 1.54) is 48.7 Å². The first-order valence-corrected chi connectivity index (χ1v) is 9.44. The third-order valence-corrected chi connectivity index (χ3v) is 8.43. The van der Waals surface area contributed by atoms with E-state index in [0.717, 1.165) is 0 Å². The fourth-order valence-corrected chi connectivity index (χ4v) is 5.31. The maximum atomic E-state index is 4.59. The molecule has 0 heterocycles. The van der Waals surface area contributed by atoms with Gasteiger partial charge in [-0.05, 0) is 25.7 Å². The van der Waals surface area contributed by atoms with E-state index in [1.54, 1.807) is 0 Å². The summed E-state index contributed by atoms with van der Waals surface area (Å²) in [4.78, 5) is 0. The van der Waals surface area contributed by atoms with Gasteiger partial charge in [0.25, 0.3) is 0 Å². The lowest BCUT2D eigenvalue weighted by atomic mass is 10.9. The number of hydrogen-bond acceptors (Lipinski definition) is 5. The van der Waals surface area contributed by atoms with E-state index in [4.69, 9.17) is 0 Å². The number of thiol groups is 2. The Balaban J connectivity index is 1.36. The Hall–Kier alpha value is 1.75. The van der Waals surface area contributed by atoms with Crippen LogP contribution in [0.2, 0.25) is 0 Å². The highest BCUT2D eigenvalue weighted by Gasteiger charge is 2.39. The molecular weight excluding hydrogens is 280 g/mol. The van der Waals surface area contributed by atoms with Crippen molar-refractivity contribution >= 4 is 60.5 Å². The molecule has 2 fully saturated rings. The van der Waals surface area contributed by atoms with Gasteiger partial charge in [-0.1, -0.05) is 0 Å². The monoisotopic (exact) mass is 298 g/mol. The van der Waals surface area contributed by atoms with Gasteiger partial charge in [0, 0.05) is 23.0 Å². The maximum absolute atomic E-state index is 4.59. The highest BCUT2D eigenvalue weighted by atomic mass is 32.2. The van der Waals surface area contributed by atoms with Gasteiger partial charge in [-0.3, -0.25) is 0 Å². The van der Waals surface area contributed by atoms with Crippen LogP contribution in [-0.4, -0.2) is 31.2 Å². The van der Waals surface area contributed by atoms with Crippen molar-refractivity contribution in [1.29, 1.82) is 0 Å². The molecule has 2 aliphatic carbocycles. The van der Waals surface area contributed by atoms with Crippen LogP contribution in [0.4, 0.5) is 0 Å². The standard InChI is InChI=1S/C10H18S5/c11-9(1-2-9)14-7-5-13-6-8-15-10(12)3-4-10/h11-12H,1-8H2. The Morgan fingerprint density at radius 3 is 1.47 bits per heavy atom. The van der Waals surface area contributed by atoms with Crippen molar-refractivity contribution in [3.05, 3.63) is 0 Å². The van der Waals surface area contributed by atoms with Gasteiger partial charge in [0.2, 0.25) is 0 Å². The highest BCUT2D eigenvalue weighted by Crippen LogP contribution is 2.52. The first-order valence-electron chi connectivity index (χ1n) is 5.42. The Kier molecular flexibility index (Phi) is 4.92. The van der Waals surface area contributed by atoms with E-state index in [-0.39, 0.29) is 0 Å². The zero-order valence-electron chi connectivity index (χ0n) is 8.78. The van der Waals surface area contributed by atoms with Crippen molar-refractivity contribution in [2.75, 3.05) is 23.0 Å². The molecule has 5 heteroatoms. The second-order valence-electron chi connectivity index (χ2n) is 4.20. The van der Waals surface area contributed by atoms with Gasteiger partial charge in [0.15, 0.2) is 0 Å². The molecule has 15 heavy (non-hydrogen) atoms. The lowest BCUT2D eigenvalue weighted by Crippen LogP contribution is -1.97. The lowest BCUT2D eigenvalue weighted by Gasteiger charge is -2.08. The Labute approximate surface area is 117 Å². The fraction of sp³-hybridized carbons (Fsp3) is 1.00. The van der Waals surface area contributed by atoms with Gasteiger partial charge < -0.3 is 0 Å². The van der Waals surface area contributed by atoms with Crippen molar-refractivity contribution in [1.82, 2.24) is 0 Å². The van der Waals surface area contributed by atoms with E-state index in [1.807, 2.05) is 23.5 Å². The lowest BCUT2D eigenvalue weighted by molar-refractivity contribution is 1.38. The Bertz CT molecular complexity index is 188. The van der Waals surface area contributed by atoms with Gasteiger partial charge in [-0.15, -0.1) is 23.5 Å². The minimum Gasteiger partial charge on any atom is -0.162 e. The van der Waals surface area contributed by atoms with Crippen molar-refractivity contribution in [2.24, 2.45) is 0 Å². The molecule has 0 radical (unpaired) electrons. The molecule has 2 saturated carbocycles. The van der Waals surface area contributed by atoms with Gasteiger partial charge >= 0.3 is 0 Å². The first-order chi connectivity index (χ1) is 7.12. The van der Waals surface area contributed by atoms with Crippen LogP contribution in [0.3, 0.4) is 0 Å². The topological polar surface area (TPSA) is 0 Å². The normalized spacial score (nSPS) is 25.2. The van der Waals surface area contributed by atoms with E-state index in [9.17, 15) is 0 Å². The van der Waals surface area contributed by atoms with Crippen LogP contribution in [0.1, 0.15) is 25.7 Å². The third kappa shape index (κ3) is 5.28. The molecule has 0 nitrogen and oxygen atoms in total. The van der Waals surface area contributed by atoms with Crippen LogP contribution in [0, 0.1) is 0 Å². The van der Waals surface area contributed by atoms with E-state index < -0.39 is 0 Å². The molecule has 88 valence electrons. The maximum Gasteiger partial charge on any atom is 0.0583 e. The van der Waals surface area contributed by atoms with Gasteiger partial charge in [-0.2, -0.15) is 37.0 Å². The zero-order chi connectivity index (χ0) is 10.8. The molecule has 0 aromatic carbocycles. The third-order valence-electron chi connectivity index (χ3n) is 2.55. The average Bonchev–Trinajstić information content (AvgIpc) is 3.08. The van der Waals surface area contributed by atoms with Crippen molar-refractivity contribution in [3.63, 3.8) is 0 Å². The molecule has 0 aromatic rings. The average molecular weight is 299 g/mol. The number of hydrogen-bond donors (Lipinski definition) is 2. The van der Waals surface area contributed by atoms with Crippen LogP contribution in [0.15, 0.2) is 0 Å². The predicted octanol–water partition coefficient (Wildman–Crippen LogP) is 4.03. The predicted molar refractivity (Wildman–Crippen MR) is 84.1 cm³/mol. The molecular formula is C10H18S5. The van der Waals surface area contributed by atoms with E-state index >= 15 is 0 Å². The number of thioether (sulfide) groups is 3. The van der Waals surface area contributed by atoms with Gasteiger partial charge in [0.05, 0.1) is 8.16 Å². The molecule has 0 bridgehead atoms. The summed E-state index contributed by atoms with van der Waals surface area (Å²) in [5, 5.41) is 0. The summed E-state index contributed by atoms with van der Waals surface area (Å²) in [5.41, 5.74) is 0. The molecule has 0 spiro atoms. The van der Waals surface area contributed by atoms with Crippen LogP contribution < -0.4 is 0 Å². The van der Waals surface area contributed by atoms with Crippen molar-refractivity contribution < 1.29 is 0 Å². The minimum atomic E-state index is 0.373. The van der Waals surface area contributed by atoms with Crippen LogP contribution in [0.25, 0.3) is 0 Å². The molecule has 0 atom stereocenters. The molecule has 0 amide bonds. The number of rotatable bonds is 8. The van der Waals surface area contributed by atoms with Gasteiger partial charge in [-0.25, -0.2) is 0 Å². The zero-order valence-corrected chi connectivity index (χ0v) is 13.0. The largest absolute Gasteiger partial charge is 0.162 e. The summed E-state index contributed by atoms with van der Waals surface area (Å²) >= 11 is 15.4. The molecule has 0 N–H and O–H groups in total. The summed E-state index contributed by atoms with van der Waals surface area (Å²) in [6.07, 6.45) is 5.24. The summed E-state index contributed by atoms with van der Waals surface area (Å²) < 4.78 is 0.747. The Morgan fingerprint density at radius 1 is 0.733 bits per heavy atom. The first kappa shape index (κ1) is 13.2. The summed E-state index contributed by atoms with van der Waals surface area (Å²) in [6.45, 7) is 0. The van der Waals surface area contributed by atoms with Crippen LogP contribution in [-0.2, 0) is 0 Å². The van der Waals surface area contributed by atoms with Gasteiger partial charge in [0.1, 0.15) is 0 Å². The summed E-state index contributed by atoms with van der Waals surface area (Å²) in [7, 11) is 0. The van der Waals surface area contributed by atoms with Crippen LogP contribution in [0.5, 0.6) is 0 Å². The van der Waals surface area contributed by atoms with E-state index in [2.05, 4.69) is 37.0 Å². The SMILES string of the molecule is SC1(SCCSCCSC2(S)CC2)CC1. The Morgan fingerprint density at radius 2 is 1.13 bits per heavy atom. The quantitative estimate of drug-likeness (QED) is 0.395. The van der Waals surface area contributed by atoms with Crippen LogP contribution >= 0.6 is 60.5 Å². The molecule has 0 aromatic heterocycles. The smallest absolute Gasteiger partial charge is 0.0583 e. The molecule has 0 aliphatic heterocycles. The molecule has 0 saturated heterocycles. The summed E-state index contributed by atoms with van der Waals surface area (Å²) in [6, 6.07) is 0. The minimum absolute atomic E-state index is 0.373. The second-order valence-corrected chi connectivity index (χ2v) is 10.7. The van der Waals surface area contributed by atoms with Crippen molar-refractivity contribution in [2.45, 2.75) is 33.8 Å². The second kappa shape index (κ2) is 5.59. The van der Waals surface area contributed by atoms with E-state index in [0.29, 0.717) is 8.16 Å². The fourth-order valence-electron chi connectivity index (χ4n) is 1.19. The highest BCUT2D eigenvalue weighted by molar-refractivity contribution is 8.13. The molecule has 2 rings (SSSR count). The molecule has 2 aliphatic rings. The molecule has 0 unspecified atom stereocenters. The summed E-state index contributed by atoms with van der Waals surface area (Å²) in [5.74, 6) is 5.11.